The first-order valence-corrected chi connectivity index (χ1v) is 6.32. The van der Waals surface area contributed by atoms with Crippen LogP contribution in [-0.4, -0.2) is 24.1 Å². The van der Waals surface area contributed by atoms with E-state index in [1.165, 1.54) is 0 Å². The monoisotopic (exact) mass is 309 g/mol. The normalized spacial score (nSPS) is 18.9. The molecule has 2 amide bonds. The summed E-state index contributed by atoms with van der Waals surface area (Å²) < 4.78 is 0.984. The summed E-state index contributed by atoms with van der Waals surface area (Å²) in [6.07, 6.45) is 2.48. The zero-order valence-electron chi connectivity index (χ0n) is 9.52. The highest BCUT2D eigenvalue weighted by Crippen LogP contribution is 2.09. The van der Waals surface area contributed by atoms with Gasteiger partial charge in [-0.25, -0.2) is 5.43 Å². The number of benzene rings is 1. The molecule has 18 heavy (non-hydrogen) atoms. The number of halogens is 1. The average molecular weight is 310 g/mol. The Bertz CT molecular complexity index is 485. The third kappa shape index (κ3) is 3.40. The number of hydrogen-bond donors (Lipinski definition) is 2. The summed E-state index contributed by atoms with van der Waals surface area (Å²) in [6.45, 7) is 0. The molecule has 0 radical (unpaired) electrons. The lowest BCUT2D eigenvalue weighted by Gasteiger charge is -2.06. The van der Waals surface area contributed by atoms with Gasteiger partial charge in [0.25, 0.3) is 5.91 Å². The molecule has 0 saturated carbocycles. The Labute approximate surface area is 113 Å². The van der Waals surface area contributed by atoms with E-state index in [-0.39, 0.29) is 11.8 Å². The summed E-state index contributed by atoms with van der Waals surface area (Å²) in [5.41, 5.74) is 3.30. The van der Waals surface area contributed by atoms with Gasteiger partial charge in [-0.1, -0.05) is 28.1 Å². The van der Waals surface area contributed by atoms with Gasteiger partial charge in [-0.15, -0.1) is 0 Å². The van der Waals surface area contributed by atoms with E-state index in [0.717, 1.165) is 10.0 Å². The number of hydrogen-bond acceptors (Lipinski definition) is 3. The molecule has 0 aromatic heterocycles. The molecule has 2 rings (SSSR count). The molecule has 0 unspecified atom stereocenters. The van der Waals surface area contributed by atoms with Crippen LogP contribution in [0.25, 0.3) is 0 Å². The van der Waals surface area contributed by atoms with Crippen molar-refractivity contribution < 1.29 is 9.59 Å². The maximum atomic E-state index is 11.6. The van der Waals surface area contributed by atoms with Crippen molar-refractivity contribution in [2.75, 3.05) is 0 Å². The van der Waals surface area contributed by atoms with Crippen LogP contribution in [-0.2, 0) is 9.59 Å². The maximum absolute atomic E-state index is 11.6. The molecule has 0 spiro atoms. The van der Waals surface area contributed by atoms with Crippen molar-refractivity contribution in [3.8, 4) is 0 Å². The van der Waals surface area contributed by atoms with Crippen molar-refractivity contribution in [3.63, 3.8) is 0 Å². The molecule has 6 heteroatoms. The molecule has 94 valence electrons. The second kappa shape index (κ2) is 5.77. The minimum Gasteiger partial charge on any atom is -0.344 e. The summed E-state index contributed by atoms with van der Waals surface area (Å²) in [4.78, 5) is 22.5. The predicted molar refractivity (Wildman–Crippen MR) is 71.0 cm³/mol. The molecule has 5 nitrogen and oxygen atoms in total. The second-order valence-electron chi connectivity index (χ2n) is 3.94. The standard InChI is InChI=1S/C12H12BrN3O2/c13-9-3-1-8(2-4-9)7-14-16-12(18)10-5-6-11(17)15-10/h1-4,7,10H,5-6H2,(H,15,17)(H,16,18)/b14-7-/t10-/m1/s1. The quantitative estimate of drug-likeness (QED) is 0.650. The van der Waals surface area contributed by atoms with Gasteiger partial charge in [0, 0.05) is 10.9 Å². The van der Waals surface area contributed by atoms with E-state index in [4.69, 9.17) is 0 Å². The molecule has 1 saturated heterocycles. The number of rotatable bonds is 3. The van der Waals surface area contributed by atoms with Crippen molar-refractivity contribution >= 4 is 34.0 Å². The van der Waals surface area contributed by atoms with Crippen LogP contribution in [0.15, 0.2) is 33.8 Å². The lowest BCUT2D eigenvalue weighted by molar-refractivity contribution is -0.125. The average Bonchev–Trinajstić information content (AvgIpc) is 2.78. The molecular weight excluding hydrogens is 298 g/mol. The number of carbonyl (C=O) groups excluding carboxylic acids is 2. The maximum Gasteiger partial charge on any atom is 0.262 e. The first-order valence-electron chi connectivity index (χ1n) is 5.53. The van der Waals surface area contributed by atoms with Crippen LogP contribution < -0.4 is 10.7 Å². The van der Waals surface area contributed by atoms with Crippen molar-refractivity contribution in [1.29, 1.82) is 0 Å². The third-order valence-electron chi connectivity index (χ3n) is 2.57. The Morgan fingerprint density at radius 3 is 2.78 bits per heavy atom. The molecule has 1 atom stereocenters. The van der Waals surface area contributed by atoms with E-state index in [0.29, 0.717) is 12.8 Å². The molecule has 0 aliphatic carbocycles. The van der Waals surface area contributed by atoms with Crippen LogP contribution in [0.1, 0.15) is 18.4 Å². The summed E-state index contributed by atoms with van der Waals surface area (Å²) in [7, 11) is 0. The number of carbonyl (C=O) groups is 2. The fourth-order valence-electron chi connectivity index (χ4n) is 1.61. The van der Waals surface area contributed by atoms with Gasteiger partial charge in [0.1, 0.15) is 6.04 Å². The molecular formula is C12H12BrN3O2. The van der Waals surface area contributed by atoms with Crippen molar-refractivity contribution in [2.45, 2.75) is 18.9 Å². The number of nitrogens with one attached hydrogen (secondary N) is 2. The van der Waals surface area contributed by atoms with E-state index in [2.05, 4.69) is 31.8 Å². The molecule has 1 aromatic rings. The minimum atomic E-state index is -0.459. The van der Waals surface area contributed by atoms with Crippen LogP contribution in [0.2, 0.25) is 0 Å². The predicted octanol–water partition coefficient (Wildman–Crippen LogP) is 1.18. The van der Waals surface area contributed by atoms with Gasteiger partial charge in [-0.2, -0.15) is 5.10 Å². The fourth-order valence-corrected chi connectivity index (χ4v) is 1.87. The van der Waals surface area contributed by atoms with Gasteiger partial charge < -0.3 is 5.32 Å². The van der Waals surface area contributed by atoms with Crippen LogP contribution >= 0.6 is 15.9 Å². The third-order valence-corrected chi connectivity index (χ3v) is 3.10. The number of hydrazone groups is 1. The van der Waals surface area contributed by atoms with Crippen LogP contribution in [0, 0.1) is 0 Å². The Balaban J connectivity index is 1.85. The van der Waals surface area contributed by atoms with Gasteiger partial charge >= 0.3 is 0 Å². The van der Waals surface area contributed by atoms with Gasteiger partial charge in [-0.3, -0.25) is 9.59 Å². The zero-order chi connectivity index (χ0) is 13.0. The SMILES string of the molecule is O=C1CC[C@H](C(=O)N/N=C\c2ccc(Br)cc2)N1. The van der Waals surface area contributed by atoms with E-state index in [9.17, 15) is 9.59 Å². The summed E-state index contributed by atoms with van der Waals surface area (Å²) in [5, 5.41) is 6.43. The van der Waals surface area contributed by atoms with Gasteiger partial charge in [0.05, 0.1) is 6.21 Å². The summed E-state index contributed by atoms with van der Waals surface area (Å²) in [6, 6.07) is 7.06. The zero-order valence-corrected chi connectivity index (χ0v) is 11.1. The van der Waals surface area contributed by atoms with E-state index in [1.807, 2.05) is 24.3 Å². The highest BCUT2D eigenvalue weighted by molar-refractivity contribution is 9.10. The molecule has 1 heterocycles. The van der Waals surface area contributed by atoms with Crippen molar-refractivity contribution in [2.24, 2.45) is 5.10 Å². The molecule has 0 bridgehead atoms. The molecule has 2 N–H and O–H groups in total. The Morgan fingerprint density at radius 2 is 2.17 bits per heavy atom. The van der Waals surface area contributed by atoms with Gasteiger partial charge in [-0.05, 0) is 24.1 Å². The lowest BCUT2D eigenvalue weighted by atomic mass is 10.2. The summed E-state index contributed by atoms with van der Waals surface area (Å²) >= 11 is 3.33. The van der Waals surface area contributed by atoms with Crippen LogP contribution in [0.4, 0.5) is 0 Å². The highest BCUT2D eigenvalue weighted by Gasteiger charge is 2.26. The van der Waals surface area contributed by atoms with Gasteiger partial charge in [0.2, 0.25) is 5.91 Å². The first-order chi connectivity index (χ1) is 8.65. The Kier molecular flexibility index (Phi) is 4.09. The highest BCUT2D eigenvalue weighted by atomic mass is 79.9. The Hall–Kier alpha value is -1.69. The lowest BCUT2D eigenvalue weighted by Crippen LogP contribution is -2.39. The smallest absolute Gasteiger partial charge is 0.262 e. The van der Waals surface area contributed by atoms with Crippen molar-refractivity contribution in [3.05, 3.63) is 34.3 Å². The second-order valence-corrected chi connectivity index (χ2v) is 4.86. The van der Waals surface area contributed by atoms with E-state index in [1.54, 1.807) is 6.21 Å². The van der Waals surface area contributed by atoms with Crippen LogP contribution in [0.3, 0.4) is 0 Å². The molecule has 1 aliphatic rings. The molecule has 1 aromatic carbocycles. The first kappa shape index (κ1) is 12.8. The minimum absolute atomic E-state index is 0.0907. The van der Waals surface area contributed by atoms with Gasteiger partial charge in [0.15, 0.2) is 0 Å². The fraction of sp³-hybridized carbons (Fsp3) is 0.250. The van der Waals surface area contributed by atoms with E-state index >= 15 is 0 Å². The molecule has 1 aliphatic heterocycles. The Morgan fingerprint density at radius 1 is 1.44 bits per heavy atom. The molecule has 1 fully saturated rings. The number of nitrogens with zero attached hydrogens (tertiary/aromatic N) is 1. The van der Waals surface area contributed by atoms with E-state index < -0.39 is 6.04 Å². The number of amides is 2. The largest absolute Gasteiger partial charge is 0.344 e. The van der Waals surface area contributed by atoms with Crippen molar-refractivity contribution in [1.82, 2.24) is 10.7 Å². The van der Waals surface area contributed by atoms with Crippen LogP contribution in [0.5, 0.6) is 0 Å². The summed E-state index contributed by atoms with van der Waals surface area (Å²) in [5.74, 6) is -0.374. The topological polar surface area (TPSA) is 70.6 Å².